The molecular weight excluding hydrogens is 304 g/mol. The highest BCUT2D eigenvalue weighted by atomic mass is 16.5. The Morgan fingerprint density at radius 1 is 1.29 bits per heavy atom. The van der Waals surface area contributed by atoms with E-state index in [1.807, 2.05) is 25.1 Å². The SMILES string of the molecule is CCOc1cc(NC(=NC)NCCN(CC)C2CC2)ccc1OC. The highest BCUT2D eigenvalue weighted by Crippen LogP contribution is 2.30. The molecule has 0 bridgehead atoms. The van der Waals surface area contributed by atoms with E-state index in [0.717, 1.165) is 48.8 Å². The molecule has 6 heteroatoms. The van der Waals surface area contributed by atoms with E-state index in [-0.39, 0.29) is 0 Å². The maximum absolute atomic E-state index is 5.61. The van der Waals surface area contributed by atoms with E-state index in [4.69, 9.17) is 9.47 Å². The van der Waals surface area contributed by atoms with Crippen LogP contribution in [0.1, 0.15) is 26.7 Å². The van der Waals surface area contributed by atoms with Crippen LogP contribution in [0.2, 0.25) is 0 Å². The number of hydrogen-bond acceptors (Lipinski definition) is 4. The fraction of sp³-hybridized carbons (Fsp3) is 0.611. The molecule has 1 aromatic rings. The van der Waals surface area contributed by atoms with Crippen LogP contribution in [-0.2, 0) is 0 Å². The molecule has 24 heavy (non-hydrogen) atoms. The lowest BCUT2D eigenvalue weighted by atomic mass is 10.2. The van der Waals surface area contributed by atoms with Gasteiger partial charge in [-0.3, -0.25) is 9.89 Å². The Bertz CT molecular complexity index is 544. The summed E-state index contributed by atoms with van der Waals surface area (Å²) in [6.45, 7) is 7.79. The van der Waals surface area contributed by atoms with E-state index >= 15 is 0 Å². The van der Waals surface area contributed by atoms with Gasteiger partial charge in [0, 0.05) is 37.9 Å². The molecule has 1 aromatic carbocycles. The second-order valence-electron chi connectivity index (χ2n) is 5.78. The summed E-state index contributed by atoms with van der Waals surface area (Å²) in [7, 11) is 3.42. The summed E-state index contributed by atoms with van der Waals surface area (Å²) < 4.78 is 10.9. The number of nitrogens with zero attached hydrogens (tertiary/aromatic N) is 2. The van der Waals surface area contributed by atoms with Crippen LogP contribution in [0, 0.1) is 0 Å². The molecule has 0 unspecified atom stereocenters. The highest BCUT2D eigenvalue weighted by molar-refractivity contribution is 5.93. The van der Waals surface area contributed by atoms with Crippen molar-refractivity contribution in [3.8, 4) is 11.5 Å². The van der Waals surface area contributed by atoms with Crippen molar-refractivity contribution in [1.82, 2.24) is 10.2 Å². The Balaban J connectivity index is 1.88. The van der Waals surface area contributed by atoms with Crippen LogP contribution in [0.5, 0.6) is 11.5 Å². The number of ether oxygens (including phenoxy) is 2. The zero-order valence-electron chi connectivity index (χ0n) is 15.3. The summed E-state index contributed by atoms with van der Waals surface area (Å²) in [4.78, 5) is 6.80. The van der Waals surface area contributed by atoms with E-state index in [2.05, 4.69) is 27.4 Å². The van der Waals surface area contributed by atoms with Gasteiger partial charge in [-0.2, -0.15) is 0 Å². The molecule has 1 saturated carbocycles. The number of nitrogens with one attached hydrogen (secondary N) is 2. The Morgan fingerprint density at radius 3 is 2.67 bits per heavy atom. The third-order valence-corrected chi connectivity index (χ3v) is 4.11. The fourth-order valence-corrected chi connectivity index (χ4v) is 2.70. The average Bonchev–Trinajstić information content (AvgIpc) is 3.43. The van der Waals surface area contributed by atoms with Gasteiger partial charge in [0.25, 0.3) is 0 Å². The summed E-state index contributed by atoms with van der Waals surface area (Å²) in [6.07, 6.45) is 2.68. The van der Waals surface area contributed by atoms with Gasteiger partial charge in [-0.25, -0.2) is 0 Å². The Hall–Kier alpha value is -1.95. The van der Waals surface area contributed by atoms with Gasteiger partial charge in [-0.05, 0) is 38.4 Å². The van der Waals surface area contributed by atoms with Gasteiger partial charge in [-0.15, -0.1) is 0 Å². The lowest BCUT2D eigenvalue weighted by molar-refractivity contribution is 0.282. The predicted octanol–water partition coefficient (Wildman–Crippen LogP) is 2.57. The first-order valence-electron chi connectivity index (χ1n) is 8.74. The molecule has 0 aliphatic heterocycles. The molecule has 0 aromatic heterocycles. The van der Waals surface area contributed by atoms with Crippen LogP contribution in [0.4, 0.5) is 5.69 Å². The van der Waals surface area contributed by atoms with Crippen molar-refractivity contribution in [3.05, 3.63) is 18.2 Å². The molecule has 1 aliphatic carbocycles. The van der Waals surface area contributed by atoms with Crippen LogP contribution in [0.3, 0.4) is 0 Å². The van der Waals surface area contributed by atoms with Crippen molar-refractivity contribution in [2.45, 2.75) is 32.7 Å². The van der Waals surface area contributed by atoms with Gasteiger partial charge in [0.1, 0.15) is 0 Å². The van der Waals surface area contributed by atoms with Crippen molar-refractivity contribution in [2.75, 3.05) is 45.7 Å². The number of guanidine groups is 1. The number of anilines is 1. The van der Waals surface area contributed by atoms with Gasteiger partial charge in [0.05, 0.1) is 13.7 Å². The first-order chi connectivity index (χ1) is 11.7. The maximum atomic E-state index is 5.61. The summed E-state index contributed by atoms with van der Waals surface area (Å²) in [5, 5.41) is 6.67. The summed E-state index contributed by atoms with van der Waals surface area (Å²) >= 11 is 0. The largest absolute Gasteiger partial charge is 0.493 e. The van der Waals surface area contributed by atoms with E-state index in [9.17, 15) is 0 Å². The molecule has 0 spiro atoms. The van der Waals surface area contributed by atoms with Crippen molar-refractivity contribution >= 4 is 11.6 Å². The lowest BCUT2D eigenvalue weighted by Gasteiger charge is -2.21. The summed E-state index contributed by atoms with van der Waals surface area (Å²) in [5.41, 5.74) is 0.918. The van der Waals surface area contributed by atoms with E-state index in [0.29, 0.717) is 6.61 Å². The van der Waals surface area contributed by atoms with Crippen LogP contribution >= 0.6 is 0 Å². The number of hydrogen-bond donors (Lipinski definition) is 2. The molecule has 0 atom stereocenters. The van der Waals surface area contributed by atoms with Crippen molar-refractivity contribution < 1.29 is 9.47 Å². The van der Waals surface area contributed by atoms with Crippen LogP contribution in [0.25, 0.3) is 0 Å². The molecule has 1 aliphatic rings. The second-order valence-corrected chi connectivity index (χ2v) is 5.78. The maximum Gasteiger partial charge on any atom is 0.195 e. The Kier molecular flexibility index (Phi) is 7.18. The Morgan fingerprint density at radius 2 is 2.08 bits per heavy atom. The summed E-state index contributed by atoms with van der Waals surface area (Å²) in [6, 6.07) is 6.57. The topological polar surface area (TPSA) is 58.1 Å². The third kappa shape index (κ3) is 5.30. The lowest BCUT2D eigenvalue weighted by Crippen LogP contribution is -2.38. The van der Waals surface area contributed by atoms with Gasteiger partial charge >= 0.3 is 0 Å². The van der Waals surface area contributed by atoms with Gasteiger partial charge in [0.15, 0.2) is 17.5 Å². The number of likely N-dealkylation sites (N-methyl/N-ethyl adjacent to an activating group) is 1. The second kappa shape index (κ2) is 9.37. The van der Waals surface area contributed by atoms with Crippen LogP contribution in [0.15, 0.2) is 23.2 Å². The fourth-order valence-electron chi connectivity index (χ4n) is 2.70. The number of benzene rings is 1. The molecule has 2 rings (SSSR count). The first kappa shape index (κ1) is 18.4. The van der Waals surface area contributed by atoms with E-state index < -0.39 is 0 Å². The normalized spacial score (nSPS) is 14.6. The number of methoxy groups -OCH3 is 1. The van der Waals surface area contributed by atoms with E-state index in [1.54, 1.807) is 14.2 Å². The third-order valence-electron chi connectivity index (χ3n) is 4.11. The molecule has 0 saturated heterocycles. The van der Waals surface area contributed by atoms with Gasteiger partial charge in [0.2, 0.25) is 0 Å². The summed E-state index contributed by atoms with van der Waals surface area (Å²) in [5.74, 6) is 2.22. The van der Waals surface area contributed by atoms with Crippen molar-refractivity contribution in [1.29, 1.82) is 0 Å². The first-order valence-corrected chi connectivity index (χ1v) is 8.74. The Labute approximate surface area is 145 Å². The van der Waals surface area contributed by atoms with Crippen LogP contribution in [-0.4, -0.2) is 57.3 Å². The molecule has 2 N–H and O–H groups in total. The minimum Gasteiger partial charge on any atom is -0.493 e. The smallest absolute Gasteiger partial charge is 0.195 e. The average molecular weight is 334 g/mol. The highest BCUT2D eigenvalue weighted by Gasteiger charge is 2.27. The zero-order valence-corrected chi connectivity index (χ0v) is 15.3. The molecule has 134 valence electrons. The minimum absolute atomic E-state index is 0.598. The van der Waals surface area contributed by atoms with Crippen LogP contribution < -0.4 is 20.1 Å². The molecular formula is C18H30N4O2. The zero-order chi connectivity index (χ0) is 17.4. The minimum atomic E-state index is 0.598. The predicted molar refractivity (Wildman–Crippen MR) is 99.4 cm³/mol. The standard InChI is InChI=1S/C18H30N4O2/c1-5-22(15-8-9-15)12-11-20-18(19-3)21-14-7-10-16(23-4)17(13-14)24-6-2/h7,10,13,15H,5-6,8-9,11-12H2,1-4H3,(H2,19,20,21). The van der Waals surface area contributed by atoms with Gasteiger partial charge in [-0.1, -0.05) is 6.92 Å². The number of rotatable bonds is 9. The van der Waals surface area contributed by atoms with Gasteiger partial charge < -0.3 is 20.1 Å². The van der Waals surface area contributed by atoms with E-state index in [1.165, 1.54) is 12.8 Å². The van der Waals surface area contributed by atoms with Crippen molar-refractivity contribution in [3.63, 3.8) is 0 Å². The molecule has 1 fully saturated rings. The number of aliphatic imine (C=N–C) groups is 1. The molecule has 0 heterocycles. The monoisotopic (exact) mass is 334 g/mol. The molecule has 0 radical (unpaired) electrons. The molecule has 0 amide bonds. The molecule has 6 nitrogen and oxygen atoms in total. The van der Waals surface area contributed by atoms with Crippen molar-refractivity contribution in [2.24, 2.45) is 4.99 Å². The quantitative estimate of drug-likeness (QED) is 0.537.